The number of nitrogens with zero attached hydrogens (tertiary/aromatic N) is 2. The summed E-state index contributed by atoms with van der Waals surface area (Å²) in [5, 5.41) is 12.5. The largest absolute Gasteiger partial charge is 0.497 e. The van der Waals surface area contributed by atoms with Crippen LogP contribution in [0.2, 0.25) is 0 Å². The molecule has 1 aromatic rings. The van der Waals surface area contributed by atoms with Crippen molar-refractivity contribution in [3.05, 3.63) is 39.9 Å². The van der Waals surface area contributed by atoms with Crippen LogP contribution in [0.4, 0.5) is 0 Å². The van der Waals surface area contributed by atoms with E-state index in [9.17, 15) is 10.1 Å². The summed E-state index contributed by atoms with van der Waals surface area (Å²) in [4.78, 5) is 10.4. The van der Waals surface area contributed by atoms with Crippen molar-refractivity contribution in [2.24, 2.45) is 0 Å². The topological polar surface area (TPSA) is 67.6 Å². The van der Waals surface area contributed by atoms with Gasteiger partial charge in [-0.05, 0) is 17.7 Å². The predicted octanol–water partition coefficient (Wildman–Crippen LogP) is 0.661. The molecule has 2 rings (SSSR count). The molecule has 0 saturated carbocycles. The lowest BCUT2D eigenvalue weighted by atomic mass is 10.2. The molecule has 1 fully saturated rings. The minimum absolute atomic E-state index is 0.235. The van der Waals surface area contributed by atoms with Crippen LogP contribution < -0.4 is 10.2 Å². The van der Waals surface area contributed by atoms with Crippen LogP contribution in [0.5, 0.6) is 5.75 Å². The highest BCUT2D eigenvalue weighted by Gasteiger charge is 2.30. The quantitative estimate of drug-likeness (QED) is 0.615. The van der Waals surface area contributed by atoms with Gasteiger partial charge in [-0.25, -0.2) is 10.4 Å². The van der Waals surface area contributed by atoms with Gasteiger partial charge >= 0.3 is 0 Å². The minimum Gasteiger partial charge on any atom is -0.497 e. The van der Waals surface area contributed by atoms with Crippen LogP contribution in [-0.2, 0) is 6.54 Å². The first kappa shape index (κ1) is 11.8. The highest BCUT2D eigenvalue weighted by atomic mass is 16.6. The summed E-state index contributed by atoms with van der Waals surface area (Å²) in [7, 11) is 1.62. The molecule has 0 aliphatic carbocycles. The molecule has 1 aromatic carbocycles. The molecule has 1 N–H and O–H groups in total. The van der Waals surface area contributed by atoms with Gasteiger partial charge in [0.15, 0.2) is 0 Å². The van der Waals surface area contributed by atoms with Gasteiger partial charge in [0.25, 0.3) is 0 Å². The van der Waals surface area contributed by atoms with Gasteiger partial charge in [0.2, 0.25) is 6.04 Å². The second-order valence-electron chi connectivity index (χ2n) is 4.03. The molecule has 6 heteroatoms. The Labute approximate surface area is 99.3 Å². The Hall–Kier alpha value is -1.66. The Kier molecular flexibility index (Phi) is 3.55. The fourth-order valence-corrected chi connectivity index (χ4v) is 1.83. The van der Waals surface area contributed by atoms with E-state index in [2.05, 4.69) is 5.43 Å². The molecule has 17 heavy (non-hydrogen) atoms. The molecule has 1 aliphatic rings. The Balaban J connectivity index is 1.91. The van der Waals surface area contributed by atoms with Gasteiger partial charge in [0.05, 0.1) is 20.2 Å². The predicted molar refractivity (Wildman–Crippen MR) is 62.2 cm³/mol. The lowest BCUT2D eigenvalue weighted by Crippen LogP contribution is -2.30. The summed E-state index contributed by atoms with van der Waals surface area (Å²) in [6.45, 7) is 1.51. The lowest BCUT2D eigenvalue weighted by Gasteiger charge is -2.14. The minimum atomic E-state index is -0.506. The summed E-state index contributed by atoms with van der Waals surface area (Å²) in [5.74, 6) is 0.811. The zero-order chi connectivity index (χ0) is 12.3. The maximum atomic E-state index is 10.6. The molecular weight excluding hydrogens is 222 g/mol. The molecule has 1 atom stereocenters. The summed E-state index contributed by atoms with van der Waals surface area (Å²) >= 11 is 0. The monoisotopic (exact) mass is 237 g/mol. The molecule has 92 valence electrons. The second kappa shape index (κ2) is 5.11. The van der Waals surface area contributed by atoms with Gasteiger partial charge in [0.1, 0.15) is 5.75 Å². The Morgan fingerprint density at radius 3 is 2.76 bits per heavy atom. The zero-order valence-corrected chi connectivity index (χ0v) is 9.63. The molecule has 1 heterocycles. The van der Waals surface area contributed by atoms with E-state index in [4.69, 9.17) is 4.74 Å². The van der Waals surface area contributed by atoms with Gasteiger partial charge in [0, 0.05) is 11.5 Å². The Morgan fingerprint density at radius 1 is 1.53 bits per heavy atom. The van der Waals surface area contributed by atoms with E-state index < -0.39 is 6.04 Å². The van der Waals surface area contributed by atoms with Crippen molar-refractivity contribution < 1.29 is 9.66 Å². The molecule has 0 bridgehead atoms. The molecular formula is C11H15N3O3. The van der Waals surface area contributed by atoms with E-state index in [1.807, 2.05) is 29.3 Å². The van der Waals surface area contributed by atoms with Crippen LogP contribution in [0.3, 0.4) is 0 Å². The molecule has 0 aromatic heterocycles. The van der Waals surface area contributed by atoms with Crippen LogP contribution in [0.1, 0.15) is 5.56 Å². The van der Waals surface area contributed by atoms with Gasteiger partial charge in [-0.2, -0.15) is 0 Å². The van der Waals surface area contributed by atoms with Crippen LogP contribution in [0.25, 0.3) is 0 Å². The van der Waals surface area contributed by atoms with Crippen molar-refractivity contribution in [3.8, 4) is 5.75 Å². The summed E-state index contributed by atoms with van der Waals surface area (Å²) in [6, 6.07) is 7.18. The third kappa shape index (κ3) is 2.92. The standard InChI is InChI=1S/C11H15N3O3/c1-17-11-4-2-9(3-5-11)7-13-8-10(6-12-13)14(15)16/h2-5,10,12H,6-8H2,1H3. The van der Waals surface area contributed by atoms with Crippen LogP contribution in [-0.4, -0.2) is 36.2 Å². The van der Waals surface area contributed by atoms with E-state index in [0.29, 0.717) is 19.6 Å². The molecule has 0 spiro atoms. The van der Waals surface area contributed by atoms with E-state index in [1.165, 1.54) is 0 Å². The summed E-state index contributed by atoms with van der Waals surface area (Å²) in [6.07, 6.45) is 0. The van der Waals surface area contributed by atoms with Crippen LogP contribution in [0.15, 0.2) is 24.3 Å². The van der Waals surface area contributed by atoms with Crippen molar-refractivity contribution in [2.75, 3.05) is 20.2 Å². The number of benzene rings is 1. The summed E-state index contributed by atoms with van der Waals surface area (Å²) < 4.78 is 5.07. The number of rotatable bonds is 4. The first-order valence-electron chi connectivity index (χ1n) is 5.44. The van der Waals surface area contributed by atoms with Crippen molar-refractivity contribution in [1.82, 2.24) is 10.4 Å². The molecule has 0 radical (unpaired) electrons. The first-order chi connectivity index (χ1) is 8.19. The third-order valence-corrected chi connectivity index (χ3v) is 2.81. The van der Waals surface area contributed by atoms with Crippen LogP contribution in [0, 0.1) is 10.1 Å². The van der Waals surface area contributed by atoms with Crippen LogP contribution >= 0.6 is 0 Å². The maximum absolute atomic E-state index is 10.6. The number of hydrogen-bond donors (Lipinski definition) is 1. The fourth-order valence-electron chi connectivity index (χ4n) is 1.83. The van der Waals surface area contributed by atoms with Crippen molar-refractivity contribution in [2.45, 2.75) is 12.6 Å². The maximum Gasteiger partial charge on any atom is 0.240 e. The zero-order valence-electron chi connectivity index (χ0n) is 9.63. The molecule has 6 nitrogen and oxygen atoms in total. The van der Waals surface area contributed by atoms with Gasteiger partial charge in [-0.1, -0.05) is 12.1 Å². The second-order valence-corrected chi connectivity index (χ2v) is 4.03. The normalized spacial score (nSPS) is 20.4. The molecule has 0 amide bonds. The molecule has 1 unspecified atom stereocenters. The Morgan fingerprint density at radius 2 is 2.24 bits per heavy atom. The van der Waals surface area contributed by atoms with E-state index in [0.717, 1.165) is 11.3 Å². The van der Waals surface area contributed by atoms with Crippen molar-refractivity contribution in [1.29, 1.82) is 0 Å². The number of ether oxygens (including phenoxy) is 1. The SMILES string of the molecule is COc1ccc(CN2CC([N+](=O)[O-])CN2)cc1. The van der Waals surface area contributed by atoms with Crippen molar-refractivity contribution >= 4 is 0 Å². The number of hydrazine groups is 1. The summed E-state index contributed by atoms with van der Waals surface area (Å²) in [5.41, 5.74) is 4.12. The lowest BCUT2D eigenvalue weighted by molar-refractivity contribution is -0.515. The average molecular weight is 237 g/mol. The van der Waals surface area contributed by atoms with E-state index in [-0.39, 0.29) is 4.92 Å². The van der Waals surface area contributed by atoms with E-state index >= 15 is 0 Å². The highest BCUT2D eigenvalue weighted by molar-refractivity contribution is 5.27. The molecule has 1 saturated heterocycles. The smallest absolute Gasteiger partial charge is 0.240 e. The van der Waals surface area contributed by atoms with Gasteiger partial charge < -0.3 is 4.74 Å². The highest BCUT2D eigenvalue weighted by Crippen LogP contribution is 2.13. The first-order valence-corrected chi connectivity index (χ1v) is 5.44. The number of methoxy groups -OCH3 is 1. The average Bonchev–Trinajstić information content (AvgIpc) is 2.79. The fraction of sp³-hybridized carbons (Fsp3) is 0.455. The van der Waals surface area contributed by atoms with Crippen molar-refractivity contribution in [3.63, 3.8) is 0 Å². The number of hydrogen-bond acceptors (Lipinski definition) is 5. The number of nitrogens with one attached hydrogen (secondary N) is 1. The van der Waals surface area contributed by atoms with E-state index in [1.54, 1.807) is 7.11 Å². The number of nitro groups is 1. The molecule has 1 aliphatic heterocycles. The van der Waals surface area contributed by atoms with Gasteiger partial charge in [-0.3, -0.25) is 10.1 Å². The Bertz CT molecular complexity index is 393. The third-order valence-electron chi connectivity index (χ3n) is 2.81. The van der Waals surface area contributed by atoms with Gasteiger partial charge in [-0.15, -0.1) is 0 Å².